The van der Waals surface area contributed by atoms with Gasteiger partial charge in [0.05, 0.1) is 24.2 Å². The molecule has 3 aromatic rings. The number of halogens is 3. The molecule has 3 amide bonds. The van der Waals surface area contributed by atoms with Crippen LogP contribution in [-0.2, 0) is 30.1 Å². The molecule has 286 valence electrons. The van der Waals surface area contributed by atoms with Crippen LogP contribution in [0.3, 0.4) is 0 Å². The Balaban J connectivity index is 1.71. The molecule has 0 aliphatic heterocycles. The number of carbonyl (C=O) groups is 5. The Bertz CT molecular complexity index is 1820. The fourth-order valence-corrected chi connectivity index (χ4v) is 5.31. The van der Waals surface area contributed by atoms with E-state index in [2.05, 4.69) is 41.5 Å². The molecule has 17 nitrogen and oxygen atoms in total. The molecule has 53 heavy (non-hydrogen) atoms. The van der Waals surface area contributed by atoms with Crippen molar-refractivity contribution in [3.8, 4) is 5.88 Å². The van der Waals surface area contributed by atoms with Gasteiger partial charge in [-0.05, 0) is 43.5 Å². The number of benzene rings is 1. The van der Waals surface area contributed by atoms with E-state index in [0.717, 1.165) is 11.8 Å². The number of rotatable bonds is 19. The van der Waals surface area contributed by atoms with Crippen LogP contribution in [0, 0.1) is 13.8 Å². The minimum atomic E-state index is -4.84. The molecule has 3 rings (SSSR count). The smallest absolute Gasteiger partial charge is 0.421 e. The number of hydrogen-bond donors (Lipinski definition) is 8. The lowest BCUT2D eigenvalue weighted by Crippen LogP contribution is -2.49. The van der Waals surface area contributed by atoms with E-state index in [9.17, 15) is 37.1 Å². The molecular weight excluding hydrogens is 727 g/mol. The van der Waals surface area contributed by atoms with Crippen molar-refractivity contribution < 1.29 is 52.1 Å². The summed E-state index contributed by atoms with van der Waals surface area (Å²) in [6.45, 7) is 2.72. The first-order valence-electron chi connectivity index (χ1n) is 15.7. The van der Waals surface area contributed by atoms with Crippen molar-refractivity contribution >= 4 is 70.3 Å². The highest BCUT2D eigenvalue weighted by Crippen LogP contribution is 2.37. The number of carboxylic acid groups (broad SMARTS) is 2. The lowest BCUT2D eigenvalue weighted by atomic mass is 10.1. The first-order chi connectivity index (χ1) is 25.0. The Labute approximate surface area is 305 Å². The summed E-state index contributed by atoms with van der Waals surface area (Å²) in [5.41, 5.74) is 6.25. The van der Waals surface area contributed by atoms with Gasteiger partial charge in [-0.1, -0.05) is 6.07 Å². The molecule has 0 radical (unpaired) electrons. The van der Waals surface area contributed by atoms with Gasteiger partial charge in [0.1, 0.15) is 30.0 Å². The number of nitrogens with one attached hydrogen (secondary N) is 5. The zero-order chi connectivity index (χ0) is 39.3. The maximum absolute atomic E-state index is 14.0. The quantitative estimate of drug-likeness (QED) is 0.0816. The number of hydrogen-bond acceptors (Lipinski definition) is 13. The van der Waals surface area contributed by atoms with Crippen molar-refractivity contribution in [3.05, 3.63) is 53.3 Å². The highest BCUT2D eigenvalue weighted by Gasteiger charge is 2.35. The van der Waals surface area contributed by atoms with Gasteiger partial charge in [-0.15, -0.1) is 0 Å². The summed E-state index contributed by atoms with van der Waals surface area (Å²) < 4.78 is 47.2. The van der Waals surface area contributed by atoms with Gasteiger partial charge in [-0.2, -0.15) is 29.9 Å². The minimum Gasteiger partial charge on any atom is -0.481 e. The molecule has 0 spiro atoms. The van der Waals surface area contributed by atoms with E-state index in [4.69, 9.17) is 20.7 Å². The van der Waals surface area contributed by atoms with Gasteiger partial charge in [0.2, 0.25) is 29.5 Å². The van der Waals surface area contributed by atoms with Crippen molar-refractivity contribution in [2.75, 3.05) is 41.1 Å². The number of anilines is 5. The van der Waals surface area contributed by atoms with Crippen LogP contribution in [0.4, 0.5) is 42.0 Å². The molecule has 0 aliphatic rings. The van der Waals surface area contributed by atoms with E-state index in [1.165, 1.54) is 25.4 Å². The third-order valence-corrected chi connectivity index (χ3v) is 8.22. The van der Waals surface area contributed by atoms with Crippen LogP contribution in [0.15, 0.2) is 36.7 Å². The molecule has 0 saturated carbocycles. The van der Waals surface area contributed by atoms with E-state index in [0.29, 0.717) is 23.0 Å². The van der Waals surface area contributed by atoms with Gasteiger partial charge in [0.25, 0.3) is 0 Å². The Morgan fingerprint density at radius 2 is 1.70 bits per heavy atom. The zero-order valence-electron chi connectivity index (χ0n) is 28.7. The van der Waals surface area contributed by atoms with Gasteiger partial charge in [0.15, 0.2) is 0 Å². The largest absolute Gasteiger partial charge is 0.481 e. The van der Waals surface area contributed by atoms with Gasteiger partial charge in [-0.3, -0.25) is 24.0 Å². The van der Waals surface area contributed by atoms with Gasteiger partial charge >= 0.3 is 18.1 Å². The lowest BCUT2D eigenvalue weighted by Gasteiger charge is -2.19. The summed E-state index contributed by atoms with van der Waals surface area (Å²) in [4.78, 5) is 71.7. The van der Waals surface area contributed by atoms with Crippen molar-refractivity contribution in [1.82, 2.24) is 25.6 Å². The maximum Gasteiger partial charge on any atom is 0.421 e. The van der Waals surface area contributed by atoms with Crippen LogP contribution < -0.4 is 37.1 Å². The van der Waals surface area contributed by atoms with E-state index in [1.54, 1.807) is 26.0 Å². The number of pyridine rings is 1. The molecule has 0 aliphatic carbocycles. The molecule has 2 heterocycles. The monoisotopic (exact) mass is 765 g/mol. The van der Waals surface area contributed by atoms with Crippen molar-refractivity contribution in [3.63, 3.8) is 0 Å². The standard InChI is InChI=1S/C32H38F3N9O8S/c1-16-4-6-20(42-28-18(32(33,34)35)13-39-31(44-28)43-21-11-26(52-3)37-12-17(21)2)22(10-16)40-25(46)8-9-53-15-23(29(49)38-14-27(47)48)41-24(45)7-5-19(36)30(50)51/h4,6,10-13,19,23H,5,7-9,14-15,36H2,1-3H3,(H,38,49)(H,40,46)(H,41,45)(H,47,48)(H,50,51)(H2,37,39,42,43,44)/t19-,23-/m0/s1. The second-order valence-corrected chi connectivity index (χ2v) is 12.5. The number of carbonyl (C=O) groups excluding carboxylic acids is 3. The second kappa shape index (κ2) is 19.2. The minimum absolute atomic E-state index is 0.0805. The van der Waals surface area contributed by atoms with Crippen LogP contribution in [0.2, 0.25) is 0 Å². The Kier molecular flexibility index (Phi) is 15.1. The summed E-state index contributed by atoms with van der Waals surface area (Å²) >= 11 is 1.08. The number of alkyl halides is 3. The zero-order valence-corrected chi connectivity index (χ0v) is 29.5. The maximum atomic E-state index is 14.0. The van der Waals surface area contributed by atoms with E-state index in [-0.39, 0.29) is 54.0 Å². The summed E-state index contributed by atoms with van der Waals surface area (Å²) in [7, 11) is 1.41. The number of methoxy groups -OCH3 is 1. The highest BCUT2D eigenvalue weighted by molar-refractivity contribution is 7.99. The molecule has 0 bridgehead atoms. The molecule has 0 fully saturated rings. The first-order valence-corrected chi connectivity index (χ1v) is 16.9. The van der Waals surface area contributed by atoms with Crippen LogP contribution in [0.1, 0.15) is 36.0 Å². The van der Waals surface area contributed by atoms with Gasteiger partial charge < -0.3 is 47.3 Å². The first kappa shape index (κ1) is 41.7. The van der Waals surface area contributed by atoms with E-state index < -0.39 is 65.8 Å². The Hall–Kier alpha value is -5.70. The third kappa shape index (κ3) is 13.4. The third-order valence-electron chi connectivity index (χ3n) is 7.15. The Morgan fingerprint density at radius 3 is 2.36 bits per heavy atom. The SMILES string of the molecule is COc1cc(Nc2ncc(C(F)(F)F)c(Nc3ccc(C)cc3NC(=O)CCSC[C@H](NC(=O)CC[C@H](N)C(=O)O)C(=O)NCC(=O)O)n2)c(C)cn1. The van der Waals surface area contributed by atoms with Crippen LogP contribution in [0.5, 0.6) is 5.88 Å². The van der Waals surface area contributed by atoms with Gasteiger partial charge in [-0.25, -0.2) is 9.97 Å². The van der Waals surface area contributed by atoms with E-state index in [1.807, 2.05) is 0 Å². The molecule has 21 heteroatoms. The summed E-state index contributed by atoms with van der Waals surface area (Å²) in [5.74, 6) is -5.14. The summed E-state index contributed by atoms with van der Waals surface area (Å²) in [6, 6.07) is 3.64. The number of amides is 3. The number of aliphatic carboxylic acids is 2. The molecule has 2 aromatic heterocycles. The van der Waals surface area contributed by atoms with E-state index >= 15 is 0 Å². The Morgan fingerprint density at radius 1 is 0.962 bits per heavy atom. The number of nitrogens with two attached hydrogens (primary N) is 1. The van der Waals surface area contributed by atoms with Gasteiger partial charge in [0, 0.05) is 42.8 Å². The number of carboxylic acids is 2. The predicted molar refractivity (Wildman–Crippen MR) is 188 cm³/mol. The van der Waals surface area contributed by atoms with Crippen molar-refractivity contribution in [2.45, 2.75) is 51.4 Å². The summed E-state index contributed by atoms with van der Waals surface area (Å²) in [5, 5.41) is 30.6. The molecule has 0 unspecified atom stereocenters. The highest BCUT2D eigenvalue weighted by atomic mass is 32.2. The fraction of sp³-hybridized carbons (Fsp3) is 0.375. The topological polar surface area (TPSA) is 260 Å². The van der Waals surface area contributed by atoms with Crippen LogP contribution in [0.25, 0.3) is 0 Å². The summed E-state index contributed by atoms with van der Waals surface area (Å²) in [6.07, 6.45) is -3.36. The fourth-order valence-electron chi connectivity index (χ4n) is 4.34. The molecule has 1 aromatic carbocycles. The van der Waals surface area contributed by atoms with Crippen molar-refractivity contribution in [2.24, 2.45) is 5.73 Å². The normalized spacial score (nSPS) is 12.2. The number of ether oxygens (including phenoxy) is 1. The molecule has 0 saturated heterocycles. The van der Waals surface area contributed by atoms with Crippen LogP contribution >= 0.6 is 11.8 Å². The second-order valence-electron chi connectivity index (χ2n) is 11.4. The number of thioether (sulfide) groups is 1. The average molecular weight is 766 g/mol. The number of aromatic nitrogens is 3. The average Bonchev–Trinajstić information content (AvgIpc) is 3.09. The van der Waals surface area contributed by atoms with Crippen LogP contribution in [-0.4, -0.2) is 92.1 Å². The predicted octanol–water partition coefficient (Wildman–Crippen LogP) is 2.94. The molecular formula is C32H38F3N9O8S. The number of nitrogens with zero attached hydrogens (tertiary/aromatic N) is 3. The lowest BCUT2D eigenvalue weighted by molar-refractivity contribution is -0.139. The molecule has 2 atom stereocenters. The number of aryl methyl sites for hydroxylation is 2. The molecule has 9 N–H and O–H groups in total. The van der Waals surface area contributed by atoms with Crippen molar-refractivity contribution in [1.29, 1.82) is 0 Å².